The topological polar surface area (TPSA) is 125 Å². The maximum Gasteiger partial charge on any atom is 0.410 e. The van der Waals surface area contributed by atoms with Crippen molar-refractivity contribution < 1.29 is 47.2 Å². The number of alkyl halides is 2. The minimum atomic E-state index is -3.02. The molecule has 31 heavy (non-hydrogen) atoms. The molecule has 3 N–H and O–H groups in total. The van der Waals surface area contributed by atoms with Crippen molar-refractivity contribution in [1.82, 2.24) is 10.2 Å². The molecule has 0 radical (unpaired) electrons. The number of benzene rings is 1. The third-order valence-corrected chi connectivity index (χ3v) is 4.01. The standard InChI is InChI=1S/C15H19F3N2O3.C4H4O4/c1-9-6-19-7-10(2)20(9)15(21)22-8-11-3-4-12(5-13(11)16)23-14(17)18;5-3(6)1-2-4(7)8/h3-5,9-10,14,19H,6-8H2,1-2H3;1-2H,(H,5,6)(H,7,8)/t9-,10+;. The van der Waals surface area contributed by atoms with E-state index in [1.807, 2.05) is 13.8 Å². The summed E-state index contributed by atoms with van der Waals surface area (Å²) < 4.78 is 47.2. The number of nitrogens with zero attached hydrogens (tertiary/aromatic N) is 1. The monoisotopic (exact) mass is 448 g/mol. The van der Waals surface area contributed by atoms with E-state index in [4.69, 9.17) is 14.9 Å². The number of piperazine rings is 1. The Labute approximate surface area is 176 Å². The van der Waals surface area contributed by atoms with Crippen LogP contribution in [-0.4, -0.2) is 64.9 Å². The molecular weight excluding hydrogens is 425 g/mol. The third kappa shape index (κ3) is 9.38. The quantitative estimate of drug-likeness (QED) is 0.567. The zero-order chi connectivity index (χ0) is 23.6. The summed E-state index contributed by atoms with van der Waals surface area (Å²) >= 11 is 0. The number of ether oxygens (including phenoxy) is 2. The SMILES string of the molecule is C[C@@H]1CNC[C@H](C)N1C(=O)OCc1ccc(OC(F)F)cc1F.O=C(O)C=CC(=O)O. The molecule has 1 aliphatic rings. The summed E-state index contributed by atoms with van der Waals surface area (Å²) in [6, 6.07) is 3.24. The Hall–Kier alpha value is -3.28. The first-order valence-electron chi connectivity index (χ1n) is 9.04. The van der Waals surface area contributed by atoms with Crippen LogP contribution in [0.2, 0.25) is 0 Å². The van der Waals surface area contributed by atoms with Gasteiger partial charge in [0.25, 0.3) is 0 Å². The smallest absolute Gasteiger partial charge is 0.410 e. The summed E-state index contributed by atoms with van der Waals surface area (Å²) in [6.07, 6.45) is 0.587. The summed E-state index contributed by atoms with van der Waals surface area (Å²) in [5, 5.41) is 18.8. The summed E-state index contributed by atoms with van der Waals surface area (Å²) in [6.45, 7) is 1.81. The summed E-state index contributed by atoms with van der Waals surface area (Å²) in [5.41, 5.74) is 0.0930. The van der Waals surface area contributed by atoms with Gasteiger partial charge in [-0.2, -0.15) is 8.78 Å². The van der Waals surface area contributed by atoms with Crippen LogP contribution in [-0.2, 0) is 20.9 Å². The van der Waals surface area contributed by atoms with Crippen LogP contribution >= 0.6 is 0 Å². The molecule has 1 fully saturated rings. The van der Waals surface area contributed by atoms with E-state index >= 15 is 0 Å². The van der Waals surface area contributed by atoms with E-state index in [2.05, 4.69) is 10.1 Å². The predicted molar refractivity (Wildman–Crippen MR) is 101 cm³/mol. The van der Waals surface area contributed by atoms with Gasteiger partial charge in [0, 0.05) is 49.0 Å². The zero-order valence-electron chi connectivity index (χ0n) is 16.8. The van der Waals surface area contributed by atoms with Gasteiger partial charge in [-0.05, 0) is 26.0 Å². The van der Waals surface area contributed by atoms with Gasteiger partial charge in [-0.1, -0.05) is 0 Å². The van der Waals surface area contributed by atoms with Crippen LogP contribution in [0.3, 0.4) is 0 Å². The first-order chi connectivity index (χ1) is 14.5. The molecular formula is C19H23F3N2O7. The Morgan fingerprint density at radius 1 is 1.16 bits per heavy atom. The molecule has 1 saturated heterocycles. The highest BCUT2D eigenvalue weighted by Gasteiger charge is 2.30. The maximum absolute atomic E-state index is 13.8. The first-order valence-corrected chi connectivity index (χ1v) is 9.04. The fourth-order valence-corrected chi connectivity index (χ4v) is 2.67. The molecule has 0 saturated carbocycles. The lowest BCUT2D eigenvalue weighted by Crippen LogP contribution is -2.57. The van der Waals surface area contributed by atoms with Crippen LogP contribution in [0.25, 0.3) is 0 Å². The Morgan fingerprint density at radius 3 is 2.16 bits per heavy atom. The number of amides is 1. The highest BCUT2D eigenvalue weighted by Crippen LogP contribution is 2.20. The van der Waals surface area contributed by atoms with E-state index < -0.39 is 30.5 Å². The molecule has 9 nitrogen and oxygen atoms in total. The minimum absolute atomic E-state index is 0.0297. The summed E-state index contributed by atoms with van der Waals surface area (Å²) in [5.74, 6) is -3.56. The molecule has 0 bridgehead atoms. The molecule has 1 aromatic carbocycles. The van der Waals surface area contributed by atoms with Crippen molar-refractivity contribution in [2.75, 3.05) is 13.1 Å². The lowest BCUT2D eigenvalue weighted by Gasteiger charge is -2.38. The largest absolute Gasteiger partial charge is 0.478 e. The number of carboxylic acid groups (broad SMARTS) is 2. The number of carboxylic acids is 2. The van der Waals surface area contributed by atoms with Crippen LogP contribution < -0.4 is 10.1 Å². The number of carbonyl (C=O) groups is 3. The van der Waals surface area contributed by atoms with Crippen molar-refractivity contribution in [2.45, 2.75) is 39.1 Å². The van der Waals surface area contributed by atoms with Gasteiger partial charge in [-0.25, -0.2) is 18.8 Å². The molecule has 0 aromatic heterocycles. The molecule has 1 amide bonds. The van der Waals surface area contributed by atoms with Crippen LogP contribution in [0.15, 0.2) is 30.4 Å². The number of hydrogen-bond donors (Lipinski definition) is 3. The molecule has 0 unspecified atom stereocenters. The number of halogens is 3. The lowest BCUT2D eigenvalue weighted by molar-refractivity contribution is -0.134. The van der Waals surface area contributed by atoms with E-state index in [-0.39, 0.29) is 30.0 Å². The average molecular weight is 448 g/mol. The summed E-state index contributed by atoms with van der Waals surface area (Å²) in [7, 11) is 0. The van der Waals surface area contributed by atoms with Crippen molar-refractivity contribution in [3.8, 4) is 5.75 Å². The number of carbonyl (C=O) groups excluding carboxylic acids is 1. The number of rotatable bonds is 6. The molecule has 1 aliphatic heterocycles. The van der Waals surface area contributed by atoms with Crippen molar-refractivity contribution in [3.63, 3.8) is 0 Å². The normalized spacial score (nSPS) is 18.3. The Bertz CT molecular complexity index is 779. The fraction of sp³-hybridized carbons (Fsp3) is 0.421. The third-order valence-electron chi connectivity index (χ3n) is 4.01. The molecule has 0 spiro atoms. The van der Waals surface area contributed by atoms with Gasteiger partial charge in [0.1, 0.15) is 18.2 Å². The number of nitrogens with one attached hydrogen (secondary N) is 1. The van der Waals surface area contributed by atoms with Crippen molar-refractivity contribution in [2.24, 2.45) is 0 Å². The molecule has 172 valence electrons. The second kappa shape index (κ2) is 12.4. The second-order valence-corrected chi connectivity index (χ2v) is 6.46. The highest BCUT2D eigenvalue weighted by molar-refractivity contribution is 5.89. The lowest BCUT2D eigenvalue weighted by atomic mass is 10.1. The van der Waals surface area contributed by atoms with E-state index in [0.717, 1.165) is 6.07 Å². The molecule has 0 aliphatic carbocycles. The van der Waals surface area contributed by atoms with Gasteiger partial charge in [0.2, 0.25) is 0 Å². The molecule has 2 atom stereocenters. The van der Waals surface area contributed by atoms with E-state index in [1.165, 1.54) is 12.1 Å². The summed E-state index contributed by atoms with van der Waals surface area (Å²) in [4.78, 5) is 32.9. The Morgan fingerprint density at radius 2 is 1.71 bits per heavy atom. The number of aliphatic carboxylic acids is 2. The van der Waals surface area contributed by atoms with Crippen LogP contribution in [0.1, 0.15) is 19.4 Å². The fourth-order valence-electron chi connectivity index (χ4n) is 2.67. The maximum atomic E-state index is 13.8. The van der Waals surface area contributed by atoms with Crippen molar-refractivity contribution >= 4 is 18.0 Å². The van der Waals surface area contributed by atoms with Gasteiger partial charge < -0.3 is 29.9 Å². The molecule has 2 rings (SSSR count). The second-order valence-electron chi connectivity index (χ2n) is 6.46. The van der Waals surface area contributed by atoms with Gasteiger partial charge in [0.15, 0.2) is 0 Å². The molecule has 1 aromatic rings. The van der Waals surface area contributed by atoms with E-state index in [0.29, 0.717) is 25.2 Å². The van der Waals surface area contributed by atoms with Crippen LogP contribution in [0.4, 0.5) is 18.0 Å². The Balaban J connectivity index is 0.000000512. The van der Waals surface area contributed by atoms with Gasteiger partial charge >= 0.3 is 24.6 Å². The van der Waals surface area contributed by atoms with Gasteiger partial charge in [-0.3, -0.25) is 0 Å². The van der Waals surface area contributed by atoms with Crippen LogP contribution in [0, 0.1) is 5.82 Å². The van der Waals surface area contributed by atoms with Crippen LogP contribution in [0.5, 0.6) is 5.75 Å². The highest BCUT2D eigenvalue weighted by atomic mass is 19.3. The van der Waals surface area contributed by atoms with Gasteiger partial charge in [0.05, 0.1) is 0 Å². The van der Waals surface area contributed by atoms with Crippen molar-refractivity contribution in [1.29, 1.82) is 0 Å². The molecule has 12 heteroatoms. The van der Waals surface area contributed by atoms with Crippen molar-refractivity contribution in [3.05, 3.63) is 41.7 Å². The number of hydrogen-bond acceptors (Lipinski definition) is 6. The van der Waals surface area contributed by atoms with E-state index in [1.54, 1.807) is 4.90 Å². The first kappa shape index (κ1) is 25.8. The zero-order valence-corrected chi connectivity index (χ0v) is 16.8. The minimum Gasteiger partial charge on any atom is -0.478 e. The van der Waals surface area contributed by atoms with E-state index in [9.17, 15) is 27.6 Å². The molecule has 1 heterocycles. The average Bonchev–Trinajstić information content (AvgIpc) is 2.65. The predicted octanol–water partition coefficient (Wildman–Crippen LogP) is 2.46. The van der Waals surface area contributed by atoms with Gasteiger partial charge in [-0.15, -0.1) is 0 Å². The Kier molecular flexibility index (Phi) is 10.3.